The van der Waals surface area contributed by atoms with Crippen LogP contribution in [-0.4, -0.2) is 16.1 Å². The van der Waals surface area contributed by atoms with Gasteiger partial charge in [0.1, 0.15) is 0 Å². The minimum Gasteiger partial charge on any atom is -0.481 e. The molecule has 0 bridgehead atoms. The zero-order valence-corrected chi connectivity index (χ0v) is 12.4. The number of aromatic nitrogens is 1. The van der Waals surface area contributed by atoms with E-state index in [0.29, 0.717) is 0 Å². The molecule has 3 nitrogen and oxygen atoms in total. The van der Waals surface area contributed by atoms with Crippen molar-refractivity contribution >= 4 is 33.2 Å². The topological polar surface area (TPSA) is 50.2 Å². The average molecular weight is 338 g/mol. The van der Waals surface area contributed by atoms with Gasteiger partial charge >= 0.3 is 5.97 Å². The van der Waals surface area contributed by atoms with Crippen LogP contribution in [0.5, 0.6) is 0 Å². The van der Waals surface area contributed by atoms with Gasteiger partial charge in [-0.15, -0.1) is 11.3 Å². The first-order valence-corrected chi connectivity index (χ1v) is 7.74. The van der Waals surface area contributed by atoms with Gasteiger partial charge in [0, 0.05) is 21.8 Å². The maximum atomic E-state index is 10.8. The minimum atomic E-state index is -0.672. The number of halogens is 1. The first-order valence-electron chi connectivity index (χ1n) is 6.06. The van der Waals surface area contributed by atoms with Crippen LogP contribution in [-0.2, 0) is 11.2 Å². The molecule has 0 aliphatic heterocycles. The third-order valence-corrected chi connectivity index (χ3v) is 4.71. The van der Waals surface area contributed by atoms with Gasteiger partial charge in [0.2, 0.25) is 0 Å². The van der Waals surface area contributed by atoms with Crippen molar-refractivity contribution in [2.45, 2.75) is 12.8 Å². The van der Waals surface area contributed by atoms with Gasteiger partial charge in [-0.2, -0.15) is 0 Å². The van der Waals surface area contributed by atoms with Gasteiger partial charge in [-0.05, 0) is 24.5 Å². The number of rotatable bonds is 4. The maximum absolute atomic E-state index is 10.8. The van der Waals surface area contributed by atoms with Gasteiger partial charge in [0.25, 0.3) is 0 Å². The Bertz CT molecular complexity index is 625. The summed E-state index contributed by atoms with van der Waals surface area (Å²) < 4.78 is 1.03. The van der Waals surface area contributed by atoms with E-state index in [1.54, 1.807) is 11.3 Å². The van der Waals surface area contributed by atoms with E-state index in [1.807, 2.05) is 29.6 Å². The number of aliphatic carboxylic acids is 1. The lowest BCUT2D eigenvalue weighted by Crippen LogP contribution is -2.00. The predicted molar refractivity (Wildman–Crippen MR) is 78.2 cm³/mol. The Labute approximate surface area is 123 Å². The number of hydrogen-bond acceptors (Lipinski definition) is 3. The molecule has 5 heteroatoms. The van der Waals surface area contributed by atoms with Gasteiger partial charge in [-0.25, -0.2) is 4.98 Å². The van der Waals surface area contributed by atoms with E-state index in [4.69, 9.17) is 5.11 Å². The number of thiazole rings is 1. The van der Waals surface area contributed by atoms with Crippen LogP contribution >= 0.6 is 27.3 Å². The van der Waals surface area contributed by atoms with Crippen LogP contribution in [0.4, 0.5) is 0 Å². The largest absolute Gasteiger partial charge is 0.481 e. The molecule has 2 atom stereocenters. The Hall–Kier alpha value is -1.20. The van der Waals surface area contributed by atoms with Gasteiger partial charge < -0.3 is 5.11 Å². The van der Waals surface area contributed by atoms with Crippen LogP contribution < -0.4 is 0 Å². The molecule has 1 aromatic heterocycles. The number of carbonyl (C=O) groups is 1. The summed E-state index contributed by atoms with van der Waals surface area (Å²) in [4.78, 5) is 15.4. The van der Waals surface area contributed by atoms with Crippen molar-refractivity contribution in [1.82, 2.24) is 4.98 Å². The van der Waals surface area contributed by atoms with Crippen LogP contribution in [0.3, 0.4) is 0 Å². The van der Waals surface area contributed by atoms with Crippen LogP contribution in [0.25, 0.3) is 11.3 Å². The number of benzene rings is 1. The van der Waals surface area contributed by atoms with Gasteiger partial charge in [0.15, 0.2) is 0 Å². The molecule has 1 fully saturated rings. The normalized spacial score (nSPS) is 21.3. The van der Waals surface area contributed by atoms with Crippen LogP contribution in [0.15, 0.2) is 34.1 Å². The maximum Gasteiger partial charge on any atom is 0.306 e. The molecule has 0 saturated heterocycles. The zero-order chi connectivity index (χ0) is 13.4. The molecular formula is C14H12BrNO2S. The number of carboxylic acid groups (broad SMARTS) is 1. The highest BCUT2D eigenvalue weighted by Gasteiger charge is 2.43. The summed E-state index contributed by atoms with van der Waals surface area (Å²) in [6.07, 6.45) is 1.58. The van der Waals surface area contributed by atoms with E-state index >= 15 is 0 Å². The SMILES string of the molecule is O=C(O)C1CC1Cc1nc(-c2cccc(Br)c2)cs1. The minimum absolute atomic E-state index is 0.154. The number of hydrogen-bond donors (Lipinski definition) is 1. The van der Waals surface area contributed by atoms with Gasteiger partial charge in [-0.1, -0.05) is 28.1 Å². The van der Waals surface area contributed by atoms with Gasteiger partial charge in [0.05, 0.1) is 16.6 Å². The van der Waals surface area contributed by atoms with E-state index in [0.717, 1.165) is 33.6 Å². The fraction of sp³-hybridized carbons (Fsp3) is 0.286. The monoisotopic (exact) mass is 337 g/mol. The average Bonchev–Trinajstić information content (AvgIpc) is 2.97. The lowest BCUT2D eigenvalue weighted by atomic mass is 10.2. The van der Waals surface area contributed by atoms with Crippen LogP contribution in [0, 0.1) is 11.8 Å². The summed E-state index contributed by atoms with van der Waals surface area (Å²) in [6, 6.07) is 8.04. The van der Waals surface area contributed by atoms with Gasteiger partial charge in [-0.3, -0.25) is 4.79 Å². The summed E-state index contributed by atoms with van der Waals surface area (Å²) in [5.41, 5.74) is 2.05. The fourth-order valence-corrected chi connectivity index (χ4v) is 3.48. The van der Waals surface area contributed by atoms with E-state index in [2.05, 4.69) is 20.9 Å². The molecule has 19 heavy (non-hydrogen) atoms. The first-order chi connectivity index (χ1) is 9.13. The summed E-state index contributed by atoms with van der Waals surface area (Å²) in [6.45, 7) is 0. The molecule has 1 N–H and O–H groups in total. The molecule has 2 aromatic rings. The third-order valence-electron chi connectivity index (χ3n) is 3.35. The van der Waals surface area contributed by atoms with E-state index in [1.165, 1.54) is 0 Å². The van der Waals surface area contributed by atoms with Crippen molar-refractivity contribution in [2.24, 2.45) is 11.8 Å². The fourth-order valence-electron chi connectivity index (χ4n) is 2.18. The molecule has 0 radical (unpaired) electrons. The Morgan fingerprint density at radius 3 is 3.05 bits per heavy atom. The lowest BCUT2D eigenvalue weighted by Gasteiger charge is -1.97. The third kappa shape index (κ3) is 2.87. The lowest BCUT2D eigenvalue weighted by molar-refractivity contribution is -0.138. The highest BCUT2D eigenvalue weighted by Crippen LogP contribution is 2.41. The summed E-state index contributed by atoms with van der Waals surface area (Å²) in [5, 5.41) is 12.0. The molecule has 1 aliphatic carbocycles. The van der Waals surface area contributed by atoms with Crippen molar-refractivity contribution in [3.8, 4) is 11.3 Å². The predicted octanol–water partition coefficient (Wildman–Crippen LogP) is 3.84. The second-order valence-electron chi connectivity index (χ2n) is 4.78. The number of carboxylic acids is 1. The summed E-state index contributed by atoms with van der Waals surface area (Å²) in [5.74, 6) is -0.550. The molecule has 3 rings (SSSR count). The van der Waals surface area contributed by atoms with Crippen molar-refractivity contribution < 1.29 is 9.90 Å². The zero-order valence-electron chi connectivity index (χ0n) is 10.0. The standard InChI is InChI=1S/C14H12BrNO2S/c15-10-3-1-2-8(4-10)12-7-19-13(16-12)6-9-5-11(9)14(17)18/h1-4,7,9,11H,5-6H2,(H,17,18). The molecule has 0 amide bonds. The van der Waals surface area contributed by atoms with Crippen LogP contribution in [0.2, 0.25) is 0 Å². The van der Waals surface area contributed by atoms with Crippen molar-refractivity contribution in [2.75, 3.05) is 0 Å². The molecule has 0 spiro atoms. The Morgan fingerprint density at radius 2 is 2.37 bits per heavy atom. The Kier molecular flexibility index (Phi) is 3.41. The second-order valence-corrected chi connectivity index (χ2v) is 6.64. The molecule has 1 aromatic carbocycles. The second kappa shape index (κ2) is 5.06. The van der Waals surface area contributed by atoms with Crippen LogP contribution in [0.1, 0.15) is 11.4 Å². The van der Waals surface area contributed by atoms with Crippen molar-refractivity contribution in [1.29, 1.82) is 0 Å². The van der Waals surface area contributed by atoms with Crippen molar-refractivity contribution in [3.63, 3.8) is 0 Å². The Balaban J connectivity index is 1.72. The molecule has 2 unspecified atom stereocenters. The molecular weight excluding hydrogens is 326 g/mol. The van der Waals surface area contributed by atoms with E-state index in [-0.39, 0.29) is 11.8 Å². The number of nitrogens with zero attached hydrogens (tertiary/aromatic N) is 1. The smallest absolute Gasteiger partial charge is 0.306 e. The molecule has 1 saturated carbocycles. The van der Waals surface area contributed by atoms with Crippen molar-refractivity contribution in [3.05, 3.63) is 39.1 Å². The van der Waals surface area contributed by atoms with E-state index < -0.39 is 5.97 Å². The quantitative estimate of drug-likeness (QED) is 0.922. The first kappa shape index (κ1) is 12.8. The summed E-state index contributed by atoms with van der Waals surface area (Å²) >= 11 is 5.06. The van der Waals surface area contributed by atoms with E-state index in [9.17, 15) is 4.79 Å². The molecule has 1 aliphatic rings. The molecule has 1 heterocycles. The summed E-state index contributed by atoms with van der Waals surface area (Å²) in [7, 11) is 0. The highest BCUT2D eigenvalue weighted by molar-refractivity contribution is 9.10. The molecule has 98 valence electrons. The highest BCUT2D eigenvalue weighted by atomic mass is 79.9. The Morgan fingerprint density at radius 1 is 1.53 bits per heavy atom.